The molecule has 0 aromatic heterocycles. The highest BCUT2D eigenvalue weighted by atomic mass is 35.5. The molecule has 1 aliphatic heterocycles. The van der Waals surface area contributed by atoms with Crippen LogP contribution in [0.4, 0.5) is 0 Å². The Kier molecular flexibility index (Phi) is 6.68. The van der Waals surface area contributed by atoms with Crippen LogP contribution in [-0.4, -0.2) is 26.2 Å². The third kappa shape index (κ3) is 4.99. The third-order valence-electron chi connectivity index (χ3n) is 4.15. The van der Waals surface area contributed by atoms with Crippen molar-refractivity contribution in [2.24, 2.45) is 0 Å². The lowest BCUT2D eigenvalue weighted by atomic mass is 10.2. The number of quaternary nitrogens is 1. The van der Waals surface area contributed by atoms with Gasteiger partial charge in [-0.25, -0.2) is 0 Å². The van der Waals surface area contributed by atoms with E-state index < -0.39 is 0 Å². The number of para-hydroxylation sites is 1. The highest BCUT2D eigenvalue weighted by Crippen LogP contribution is 2.27. The molecule has 0 atom stereocenters. The van der Waals surface area contributed by atoms with Gasteiger partial charge in [0.15, 0.2) is 0 Å². The smallest absolute Gasteiger partial charge is 0.140 e. The van der Waals surface area contributed by atoms with Gasteiger partial charge in [-0.15, -0.1) is 0 Å². The first-order valence-corrected chi connectivity index (χ1v) is 8.36. The molecule has 1 fully saturated rings. The van der Waals surface area contributed by atoms with Crippen LogP contribution in [0.25, 0.3) is 0 Å². The van der Waals surface area contributed by atoms with E-state index in [0.29, 0.717) is 0 Å². The molecule has 2 rings (SSSR count). The molecule has 20 heavy (non-hydrogen) atoms. The highest BCUT2D eigenvalue weighted by Gasteiger charge is 2.13. The maximum atomic E-state index is 6.14. The Bertz CT molecular complexity index is 382. The first kappa shape index (κ1) is 15.7. The molecule has 0 saturated carbocycles. The summed E-state index contributed by atoms with van der Waals surface area (Å²) < 4.78 is 5.81. The zero-order chi connectivity index (χ0) is 14.2. The molecule has 0 amide bonds. The van der Waals surface area contributed by atoms with Crippen molar-refractivity contribution in [3.05, 3.63) is 28.8 Å². The Labute approximate surface area is 128 Å². The molecule has 0 radical (unpaired) electrons. The maximum absolute atomic E-state index is 6.14. The number of unbranched alkanes of at least 4 members (excludes halogenated alkanes) is 3. The van der Waals surface area contributed by atoms with Gasteiger partial charge in [-0.05, 0) is 44.2 Å². The summed E-state index contributed by atoms with van der Waals surface area (Å²) in [5.41, 5.74) is 1.12. The molecule has 1 aliphatic rings. The molecular formula is C17H27ClNO+. The average molecular weight is 297 g/mol. The van der Waals surface area contributed by atoms with Crippen molar-refractivity contribution < 1.29 is 9.64 Å². The monoisotopic (exact) mass is 296 g/mol. The molecular weight excluding hydrogens is 270 g/mol. The summed E-state index contributed by atoms with van der Waals surface area (Å²) in [6, 6.07) is 5.90. The van der Waals surface area contributed by atoms with Gasteiger partial charge in [0.25, 0.3) is 0 Å². The third-order valence-corrected chi connectivity index (χ3v) is 4.44. The number of rotatable bonds is 8. The maximum Gasteiger partial charge on any atom is 0.140 e. The number of halogens is 1. The van der Waals surface area contributed by atoms with Crippen LogP contribution in [0.1, 0.15) is 44.1 Å². The molecule has 1 N–H and O–H groups in total. The summed E-state index contributed by atoms with van der Waals surface area (Å²) in [7, 11) is 0. The summed E-state index contributed by atoms with van der Waals surface area (Å²) in [5.74, 6) is 0.857. The number of benzene rings is 1. The van der Waals surface area contributed by atoms with E-state index >= 15 is 0 Å². The zero-order valence-electron chi connectivity index (χ0n) is 12.6. The summed E-state index contributed by atoms with van der Waals surface area (Å²) in [5, 5.41) is 0.725. The summed E-state index contributed by atoms with van der Waals surface area (Å²) in [4.78, 5) is 1.81. The Morgan fingerprint density at radius 2 is 1.85 bits per heavy atom. The van der Waals surface area contributed by atoms with Gasteiger partial charge in [0, 0.05) is 12.8 Å². The van der Waals surface area contributed by atoms with Crippen molar-refractivity contribution in [1.82, 2.24) is 0 Å². The van der Waals surface area contributed by atoms with E-state index in [4.69, 9.17) is 16.3 Å². The molecule has 0 spiro atoms. The molecule has 1 heterocycles. The van der Waals surface area contributed by atoms with Crippen molar-refractivity contribution in [1.29, 1.82) is 0 Å². The lowest BCUT2D eigenvalue weighted by Gasteiger charge is -2.12. The lowest BCUT2D eigenvalue weighted by Crippen LogP contribution is -3.09. The Morgan fingerprint density at radius 1 is 1.10 bits per heavy atom. The van der Waals surface area contributed by atoms with Gasteiger partial charge in [-0.1, -0.05) is 23.7 Å². The Balaban J connectivity index is 1.53. The fourth-order valence-corrected chi connectivity index (χ4v) is 3.21. The van der Waals surface area contributed by atoms with Crippen LogP contribution >= 0.6 is 11.6 Å². The number of aryl methyl sites for hydroxylation is 1. The Hall–Kier alpha value is -0.730. The quantitative estimate of drug-likeness (QED) is 0.727. The fraction of sp³-hybridized carbons (Fsp3) is 0.647. The normalized spacial score (nSPS) is 15.7. The molecule has 0 unspecified atom stereocenters. The van der Waals surface area contributed by atoms with Crippen LogP contribution in [-0.2, 0) is 0 Å². The fourth-order valence-electron chi connectivity index (χ4n) is 2.93. The first-order chi connectivity index (χ1) is 9.77. The van der Waals surface area contributed by atoms with Crippen LogP contribution < -0.4 is 9.64 Å². The van der Waals surface area contributed by atoms with Gasteiger partial charge < -0.3 is 9.64 Å². The van der Waals surface area contributed by atoms with Crippen molar-refractivity contribution in [2.75, 3.05) is 26.2 Å². The van der Waals surface area contributed by atoms with Crippen LogP contribution in [0.3, 0.4) is 0 Å². The van der Waals surface area contributed by atoms with Crippen LogP contribution in [0.5, 0.6) is 5.75 Å². The average Bonchev–Trinajstić information content (AvgIpc) is 2.93. The number of nitrogens with one attached hydrogen (secondary N) is 1. The van der Waals surface area contributed by atoms with E-state index in [9.17, 15) is 0 Å². The topological polar surface area (TPSA) is 13.7 Å². The second-order valence-corrected chi connectivity index (χ2v) is 6.26. The van der Waals surface area contributed by atoms with Crippen LogP contribution in [0, 0.1) is 6.92 Å². The van der Waals surface area contributed by atoms with E-state index in [1.165, 1.54) is 51.7 Å². The van der Waals surface area contributed by atoms with E-state index in [0.717, 1.165) is 29.4 Å². The van der Waals surface area contributed by atoms with E-state index in [2.05, 4.69) is 0 Å². The van der Waals surface area contributed by atoms with Gasteiger partial charge in [0.1, 0.15) is 5.75 Å². The first-order valence-electron chi connectivity index (χ1n) is 7.99. The molecule has 112 valence electrons. The summed E-state index contributed by atoms with van der Waals surface area (Å²) in [6.45, 7) is 6.98. The molecule has 0 bridgehead atoms. The SMILES string of the molecule is Cc1cccc(Cl)c1OCCCCCC[NH+]1CCCC1. The van der Waals surface area contributed by atoms with Crippen LogP contribution in [0.15, 0.2) is 18.2 Å². The zero-order valence-corrected chi connectivity index (χ0v) is 13.3. The van der Waals surface area contributed by atoms with E-state index in [1.807, 2.05) is 30.0 Å². The molecule has 2 nitrogen and oxygen atoms in total. The predicted molar refractivity (Wildman–Crippen MR) is 84.9 cm³/mol. The largest absolute Gasteiger partial charge is 0.492 e. The number of ether oxygens (including phenoxy) is 1. The Morgan fingerprint density at radius 3 is 2.60 bits per heavy atom. The van der Waals surface area contributed by atoms with E-state index in [-0.39, 0.29) is 0 Å². The number of likely N-dealkylation sites (tertiary alicyclic amines) is 1. The van der Waals surface area contributed by atoms with Gasteiger partial charge >= 0.3 is 0 Å². The summed E-state index contributed by atoms with van der Waals surface area (Å²) >= 11 is 6.14. The summed E-state index contributed by atoms with van der Waals surface area (Å²) in [6.07, 6.45) is 7.94. The van der Waals surface area contributed by atoms with Gasteiger partial charge in [-0.2, -0.15) is 0 Å². The van der Waals surface area contributed by atoms with Crippen molar-refractivity contribution >= 4 is 11.6 Å². The lowest BCUT2D eigenvalue weighted by molar-refractivity contribution is -0.887. The highest BCUT2D eigenvalue weighted by molar-refractivity contribution is 6.32. The molecule has 3 heteroatoms. The van der Waals surface area contributed by atoms with Gasteiger partial charge in [-0.3, -0.25) is 0 Å². The minimum absolute atomic E-state index is 0.725. The molecule has 1 aromatic carbocycles. The predicted octanol–water partition coefficient (Wildman–Crippen LogP) is 3.27. The minimum atomic E-state index is 0.725. The van der Waals surface area contributed by atoms with Crippen LogP contribution in [0.2, 0.25) is 5.02 Å². The van der Waals surface area contributed by atoms with Crippen molar-refractivity contribution in [2.45, 2.75) is 45.4 Å². The van der Waals surface area contributed by atoms with E-state index in [1.54, 1.807) is 0 Å². The van der Waals surface area contributed by atoms with Gasteiger partial charge in [0.05, 0.1) is 31.3 Å². The standard InChI is InChI=1S/C17H26ClNO/c1-15-9-8-10-16(18)17(15)20-14-7-3-2-4-11-19-12-5-6-13-19/h8-10H,2-7,11-14H2,1H3/p+1. The van der Waals surface area contributed by atoms with Crippen molar-refractivity contribution in [3.8, 4) is 5.75 Å². The molecule has 0 aliphatic carbocycles. The van der Waals surface area contributed by atoms with Gasteiger partial charge in [0.2, 0.25) is 0 Å². The minimum Gasteiger partial charge on any atom is -0.492 e. The second kappa shape index (κ2) is 8.53. The number of hydrogen-bond acceptors (Lipinski definition) is 1. The number of hydrogen-bond donors (Lipinski definition) is 1. The van der Waals surface area contributed by atoms with Crippen molar-refractivity contribution in [3.63, 3.8) is 0 Å². The molecule has 1 saturated heterocycles. The molecule has 1 aromatic rings. The second-order valence-electron chi connectivity index (χ2n) is 5.86.